The minimum absolute atomic E-state index is 0.143. The second kappa shape index (κ2) is 3.06. The first kappa shape index (κ1) is 8.62. The normalized spacial score (nSPS) is 10.4. The summed E-state index contributed by atoms with van der Waals surface area (Å²) in [6.45, 7) is 1.33. The lowest BCUT2D eigenvalue weighted by molar-refractivity contribution is -0.140. The summed E-state index contributed by atoms with van der Waals surface area (Å²) in [6.07, 6.45) is 1.63. The molecule has 1 aromatic heterocycles. The second-order valence-corrected chi connectivity index (χ2v) is 2.97. The molecule has 0 unspecified atom stereocenters. The van der Waals surface area contributed by atoms with Gasteiger partial charge in [-0.05, 0) is 18.2 Å². The van der Waals surface area contributed by atoms with Gasteiger partial charge in [-0.2, -0.15) is 4.73 Å². The molecule has 0 spiro atoms. The molecular formula is C10H9NO3. The number of hydrogen-bond acceptors (Lipinski definition) is 3. The summed E-state index contributed by atoms with van der Waals surface area (Å²) in [5.41, 5.74) is 0.667. The third-order valence-corrected chi connectivity index (χ3v) is 1.87. The van der Waals surface area contributed by atoms with E-state index in [9.17, 15) is 9.90 Å². The van der Waals surface area contributed by atoms with Gasteiger partial charge >= 0.3 is 5.97 Å². The van der Waals surface area contributed by atoms with E-state index in [0.717, 1.165) is 5.39 Å². The van der Waals surface area contributed by atoms with Gasteiger partial charge in [-0.15, -0.1) is 0 Å². The zero-order chi connectivity index (χ0) is 10.1. The molecule has 0 atom stereocenters. The van der Waals surface area contributed by atoms with Gasteiger partial charge in [-0.1, -0.05) is 0 Å². The third kappa shape index (κ3) is 1.42. The van der Waals surface area contributed by atoms with Crippen LogP contribution in [0.4, 0.5) is 0 Å². The average Bonchev–Trinajstić information content (AvgIpc) is 2.47. The summed E-state index contributed by atoms with van der Waals surface area (Å²) in [5, 5.41) is 10.2. The molecule has 1 heterocycles. The minimum Gasteiger partial charge on any atom is -0.508 e. The summed E-state index contributed by atoms with van der Waals surface area (Å²) < 4.78 is 1.33. The molecule has 0 bridgehead atoms. The van der Waals surface area contributed by atoms with Crippen molar-refractivity contribution >= 4 is 16.9 Å². The first-order valence-corrected chi connectivity index (χ1v) is 4.16. The smallest absolute Gasteiger partial charge is 0.329 e. The molecule has 0 radical (unpaired) electrons. The lowest BCUT2D eigenvalue weighted by Crippen LogP contribution is -2.14. The molecule has 14 heavy (non-hydrogen) atoms. The molecule has 0 amide bonds. The number of carbonyl (C=O) groups excluding carboxylic acids is 1. The van der Waals surface area contributed by atoms with Gasteiger partial charge < -0.3 is 9.94 Å². The van der Waals surface area contributed by atoms with Gasteiger partial charge in [0.2, 0.25) is 0 Å². The van der Waals surface area contributed by atoms with Crippen molar-refractivity contribution in [3.63, 3.8) is 0 Å². The Bertz CT molecular complexity index is 487. The lowest BCUT2D eigenvalue weighted by atomic mass is 10.2. The van der Waals surface area contributed by atoms with Crippen LogP contribution in [-0.4, -0.2) is 15.8 Å². The molecule has 2 rings (SSSR count). The molecular weight excluding hydrogens is 182 g/mol. The van der Waals surface area contributed by atoms with Gasteiger partial charge in [0, 0.05) is 24.6 Å². The van der Waals surface area contributed by atoms with Gasteiger partial charge in [0.25, 0.3) is 0 Å². The molecule has 0 saturated carbocycles. The SMILES string of the molecule is CC(=O)On1ccc2ccc(O)cc21. The number of nitrogens with zero attached hydrogens (tertiary/aromatic N) is 1. The maximum Gasteiger partial charge on any atom is 0.329 e. The Labute approximate surface area is 80.3 Å². The Balaban J connectivity index is 2.55. The predicted octanol–water partition coefficient (Wildman–Crippen LogP) is 1.32. The number of phenolic OH excluding ortho intramolecular Hbond substituents is 1. The van der Waals surface area contributed by atoms with Crippen molar-refractivity contribution in [3.8, 4) is 5.75 Å². The van der Waals surface area contributed by atoms with E-state index in [1.165, 1.54) is 17.7 Å². The third-order valence-electron chi connectivity index (χ3n) is 1.87. The summed E-state index contributed by atoms with van der Waals surface area (Å²) in [7, 11) is 0. The number of rotatable bonds is 1. The van der Waals surface area contributed by atoms with Crippen molar-refractivity contribution in [2.24, 2.45) is 0 Å². The average molecular weight is 191 g/mol. The topological polar surface area (TPSA) is 51.5 Å². The quantitative estimate of drug-likeness (QED) is 0.739. The van der Waals surface area contributed by atoms with Gasteiger partial charge in [0.05, 0.1) is 5.52 Å². The Kier molecular flexibility index (Phi) is 1.89. The van der Waals surface area contributed by atoms with Crippen molar-refractivity contribution in [3.05, 3.63) is 30.5 Å². The van der Waals surface area contributed by atoms with Crippen molar-refractivity contribution in [2.45, 2.75) is 6.92 Å². The van der Waals surface area contributed by atoms with E-state index < -0.39 is 5.97 Å². The molecule has 0 aliphatic carbocycles. The number of aromatic nitrogens is 1. The standard InChI is InChI=1S/C10H9NO3/c1-7(12)14-11-5-4-8-2-3-9(13)6-10(8)11/h2-6,13H,1H3. The van der Waals surface area contributed by atoms with Crippen LogP contribution in [-0.2, 0) is 4.79 Å². The number of fused-ring (bicyclic) bond motifs is 1. The molecule has 2 aromatic rings. The van der Waals surface area contributed by atoms with Crippen LogP contribution in [0.15, 0.2) is 30.5 Å². The van der Waals surface area contributed by atoms with E-state index in [2.05, 4.69) is 0 Å². The van der Waals surface area contributed by atoms with E-state index in [1.54, 1.807) is 24.4 Å². The number of benzene rings is 1. The van der Waals surface area contributed by atoms with E-state index in [4.69, 9.17) is 4.84 Å². The highest BCUT2D eigenvalue weighted by Gasteiger charge is 2.03. The Morgan fingerprint density at radius 2 is 2.21 bits per heavy atom. The largest absolute Gasteiger partial charge is 0.508 e. The summed E-state index contributed by atoms with van der Waals surface area (Å²) in [6, 6.07) is 6.68. The fraction of sp³-hybridized carbons (Fsp3) is 0.100. The molecule has 0 fully saturated rings. The highest BCUT2D eigenvalue weighted by Crippen LogP contribution is 2.20. The Hall–Kier alpha value is -1.97. The molecule has 1 aromatic carbocycles. The van der Waals surface area contributed by atoms with E-state index in [1.807, 2.05) is 0 Å². The Morgan fingerprint density at radius 3 is 2.93 bits per heavy atom. The number of aromatic hydroxyl groups is 1. The summed E-state index contributed by atoms with van der Waals surface area (Å²) >= 11 is 0. The lowest BCUT2D eigenvalue weighted by Gasteiger charge is -2.02. The summed E-state index contributed by atoms with van der Waals surface area (Å²) in [4.78, 5) is 15.6. The molecule has 0 saturated heterocycles. The van der Waals surface area contributed by atoms with Crippen LogP contribution in [0.5, 0.6) is 5.75 Å². The highest BCUT2D eigenvalue weighted by atomic mass is 16.7. The highest BCUT2D eigenvalue weighted by molar-refractivity contribution is 5.81. The van der Waals surface area contributed by atoms with Crippen LogP contribution in [0.3, 0.4) is 0 Å². The van der Waals surface area contributed by atoms with Crippen LogP contribution in [0.1, 0.15) is 6.92 Å². The van der Waals surface area contributed by atoms with Gasteiger partial charge in [-0.3, -0.25) is 0 Å². The van der Waals surface area contributed by atoms with Gasteiger partial charge in [-0.25, -0.2) is 4.79 Å². The van der Waals surface area contributed by atoms with Crippen LogP contribution < -0.4 is 4.84 Å². The molecule has 4 nitrogen and oxygen atoms in total. The van der Waals surface area contributed by atoms with Gasteiger partial charge in [0.1, 0.15) is 5.75 Å². The molecule has 0 aliphatic rings. The number of carbonyl (C=O) groups is 1. The molecule has 4 heteroatoms. The molecule has 1 N–H and O–H groups in total. The maximum atomic E-state index is 10.7. The molecule has 0 aliphatic heterocycles. The van der Waals surface area contributed by atoms with Gasteiger partial charge in [0.15, 0.2) is 0 Å². The zero-order valence-corrected chi connectivity index (χ0v) is 7.60. The fourth-order valence-corrected chi connectivity index (χ4v) is 1.31. The minimum atomic E-state index is -0.397. The van der Waals surface area contributed by atoms with Crippen molar-refractivity contribution < 1.29 is 14.7 Å². The number of hydrogen-bond donors (Lipinski definition) is 1. The van der Waals surface area contributed by atoms with Crippen molar-refractivity contribution in [1.82, 2.24) is 4.73 Å². The van der Waals surface area contributed by atoms with Crippen LogP contribution in [0, 0.1) is 0 Å². The van der Waals surface area contributed by atoms with E-state index in [0.29, 0.717) is 5.52 Å². The number of phenols is 1. The predicted molar refractivity (Wildman–Crippen MR) is 50.9 cm³/mol. The maximum absolute atomic E-state index is 10.7. The van der Waals surface area contributed by atoms with Crippen molar-refractivity contribution in [2.75, 3.05) is 0 Å². The Morgan fingerprint density at radius 1 is 1.43 bits per heavy atom. The fourth-order valence-electron chi connectivity index (χ4n) is 1.31. The molecule has 72 valence electrons. The first-order valence-electron chi connectivity index (χ1n) is 4.16. The van der Waals surface area contributed by atoms with Crippen LogP contribution in [0.25, 0.3) is 10.9 Å². The zero-order valence-electron chi connectivity index (χ0n) is 7.60. The van der Waals surface area contributed by atoms with Crippen LogP contribution in [0.2, 0.25) is 0 Å². The monoisotopic (exact) mass is 191 g/mol. The van der Waals surface area contributed by atoms with Crippen molar-refractivity contribution in [1.29, 1.82) is 0 Å². The second-order valence-electron chi connectivity index (χ2n) is 2.97. The first-order chi connectivity index (χ1) is 6.66. The van der Waals surface area contributed by atoms with E-state index in [-0.39, 0.29) is 5.75 Å². The van der Waals surface area contributed by atoms with E-state index >= 15 is 0 Å². The summed E-state index contributed by atoms with van der Waals surface area (Å²) in [5.74, 6) is -0.254. The van der Waals surface area contributed by atoms with Crippen LogP contribution >= 0.6 is 0 Å².